The van der Waals surface area contributed by atoms with Gasteiger partial charge in [0.2, 0.25) is 5.09 Å². The van der Waals surface area contributed by atoms with Crippen LogP contribution in [0.1, 0.15) is 6.42 Å². The average Bonchev–Trinajstić information content (AvgIpc) is 2.82. The molecule has 0 aliphatic carbocycles. The Hall–Kier alpha value is -0.820. The number of hydrogen-bond acceptors (Lipinski definition) is 4. The first-order chi connectivity index (χ1) is 7.68. The van der Waals surface area contributed by atoms with Crippen molar-refractivity contribution in [3.63, 3.8) is 0 Å². The highest BCUT2D eigenvalue weighted by atomic mass is 35.5. The van der Waals surface area contributed by atoms with Crippen LogP contribution < -0.4 is 10.0 Å². The Balaban J connectivity index is 0.00000144. The molecule has 0 radical (unpaired) electrons. The third-order valence-corrected chi connectivity index (χ3v) is 3.69. The molecule has 2 heterocycles. The fourth-order valence-corrected chi connectivity index (χ4v) is 2.46. The van der Waals surface area contributed by atoms with E-state index >= 15 is 0 Å². The van der Waals surface area contributed by atoms with E-state index in [9.17, 15) is 8.42 Å². The third-order valence-electron chi connectivity index (χ3n) is 2.41. The van der Waals surface area contributed by atoms with E-state index in [1.54, 1.807) is 6.07 Å². The summed E-state index contributed by atoms with van der Waals surface area (Å²) in [6, 6.07) is 2.98. The van der Waals surface area contributed by atoms with Crippen molar-refractivity contribution in [1.82, 2.24) is 10.0 Å². The molecular formula is C10H15ClN2O3S. The summed E-state index contributed by atoms with van der Waals surface area (Å²) < 4.78 is 30.7. The predicted molar refractivity (Wildman–Crippen MR) is 66.7 cm³/mol. The van der Waals surface area contributed by atoms with Crippen LogP contribution in [0.2, 0.25) is 0 Å². The lowest BCUT2D eigenvalue weighted by molar-refractivity contribution is 0.446. The maximum Gasteiger partial charge on any atom is 0.274 e. The van der Waals surface area contributed by atoms with Crippen LogP contribution in [0.4, 0.5) is 0 Å². The quantitative estimate of drug-likeness (QED) is 0.803. The number of sulfonamides is 1. The standard InChI is InChI=1S/C10H14N2O3S.ClH/c13-16(14,10-2-1-7-15-10)12-8-9-3-5-11-6-4-9;/h1-3,7,11-12H,4-6,8H2;1H. The molecule has 1 aliphatic heterocycles. The topological polar surface area (TPSA) is 71.3 Å². The summed E-state index contributed by atoms with van der Waals surface area (Å²) in [5.74, 6) is 0. The lowest BCUT2D eigenvalue weighted by Gasteiger charge is -2.14. The first-order valence-electron chi connectivity index (χ1n) is 5.10. The van der Waals surface area contributed by atoms with Gasteiger partial charge in [-0.3, -0.25) is 0 Å². The van der Waals surface area contributed by atoms with Gasteiger partial charge in [-0.25, -0.2) is 13.1 Å². The van der Waals surface area contributed by atoms with Gasteiger partial charge in [0.1, 0.15) is 0 Å². The van der Waals surface area contributed by atoms with Crippen LogP contribution in [0.15, 0.2) is 39.6 Å². The van der Waals surface area contributed by atoms with Crippen LogP contribution in [-0.2, 0) is 10.0 Å². The fourth-order valence-electron chi connectivity index (χ4n) is 1.51. The highest BCUT2D eigenvalue weighted by Gasteiger charge is 2.17. The van der Waals surface area contributed by atoms with Crippen molar-refractivity contribution < 1.29 is 12.8 Å². The SMILES string of the molecule is Cl.O=S(=O)(NCC1=CCNCC1)c1ccco1. The number of hydrogen-bond donors (Lipinski definition) is 2. The van der Waals surface area contributed by atoms with Crippen molar-refractivity contribution in [2.75, 3.05) is 19.6 Å². The molecule has 17 heavy (non-hydrogen) atoms. The molecule has 0 spiro atoms. The molecule has 2 N–H and O–H groups in total. The highest BCUT2D eigenvalue weighted by Crippen LogP contribution is 2.10. The van der Waals surface area contributed by atoms with Gasteiger partial charge in [0.25, 0.3) is 10.0 Å². The molecule has 0 aromatic carbocycles. The minimum absolute atomic E-state index is 0. The van der Waals surface area contributed by atoms with Gasteiger partial charge in [-0.05, 0) is 25.1 Å². The molecule has 1 aromatic heterocycles. The van der Waals surface area contributed by atoms with Gasteiger partial charge >= 0.3 is 0 Å². The normalized spacial score (nSPS) is 16.1. The zero-order valence-corrected chi connectivity index (χ0v) is 10.8. The summed E-state index contributed by atoms with van der Waals surface area (Å²) in [6.45, 7) is 2.05. The minimum Gasteiger partial charge on any atom is -0.452 e. The van der Waals surface area contributed by atoms with Crippen LogP contribution >= 0.6 is 12.4 Å². The Morgan fingerprint density at radius 3 is 2.88 bits per heavy atom. The molecule has 0 bridgehead atoms. The Bertz CT molecular complexity index is 468. The maximum absolute atomic E-state index is 11.7. The summed E-state index contributed by atoms with van der Waals surface area (Å²) >= 11 is 0. The van der Waals surface area contributed by atoms with E-state index < -0.39 is 10.0 Å². The molecule has 1 aromatic rings. The van der Waals surface area contributed by atoms with Crippen molar-refractivity contribution in [2.24, 2.45) is 0 Å². The number of rotatable bonds is 4. The average molecular weight is 279 g/mol. The van der Waals surface area contributed by atoms with E-state index in [1.807, 2.05) is 6.08 Å². The molecule has 1 aliphatic rings. The summed E-state index contributed by atoms with van der Waals surface area (Å²) in [4.78, 5) is 0. The van der Waals surface area contributed by atoms with Gasteiger partial charge in [-0.2, -0.15) is 0 Å². The lowest BCUT2D eigenvalue weighted by Crippen LogP contribution is -2.29. The second kappa shape index (κ2) is 6.20. The molecule has 0 saturated heterocycles. The fraction of sp³-hybridized carbons (Fsp3) is 0.400. The van der Waals surface area contributed by atoms with Gasteiger partial charge in [0.05, 0.1) is 6.26 Å². The molecule has 0 unspecified atom stereocenters. The van der Waals surface area contributed by atoms with E-state index in [1.165, 1.54) is 12.3 Å². The van der Waals surface area contributed by atoms with E-state index in [2.05, 4.69) is 10.0 Å². The first kappa shape index (κ1) is 14.2. The zero-order chi connectivity index (χ0) is 11.4. The highest BCUT2D eigenvalue weighted by molar-refractivity contribution is 7.89. The summed E-state index contributed by atoms with van der Waals surface area (Å²) in [5.41, 5.74) is 1.11. The monoisotopic (exact) mass is 278 g/mol. The van der Waals surface area contributed by atoms with Crippen molar-refractivity contribution in [3.05, 3.63) is 30.0 Å². The number of nitrogens with one attached hydrogen (secondary N) is 2. The Morgan fingerprint density at radius 2 is 2.29 bits per heavy atom. The Labute approximate surface area is 107 Å². The minimum atomic E-state index is -3.49. The van der Waals surface area contributed by atoms with Crippen LogP contribution in [0.5, 0.6) is 0 Å². The Kier molecular flexibility index (Phi) is 5.20. The van der Waals surface area contributed by atoms with Crippen molar-refractivity contribution in [2.45, 2.75) is 11.5 Å². The molecule has 96 valence electrons. The lowest BCUT2D eigenvalue weighted by atomic mass is 10.1. The van der Waals surface area contributed by atoms with Crippen LogP contribution in [0, 0.1) is 0 Å². The molecule has 0 saturated carbocycles. The predicted octanol–water partition coefficient (Wildman–Crippen LogP) is 0.899. The van der Waals surface area contributed by atoms with Crippen LogP contribution in [0.3, 0.4) is 0 Å². The van der Waals surface area contributed by atoms with Crippen molar-refractivity contribution in [1.29, 1.82) is 0 Å². The largest absolute Gasteiger partial charge is 0.452 e. The van der Waals surface area contributed by atoms with Crippen molar-refractivity contribution >= 4 is 22.4 Å². The van der Waals surface area contributed by atoms with E-state index in [-0.39, 0.29) is 17.5 Å². The van der Waals surface area contributed by atoms with Gasteiger partial charge in [-0.15, -0.1) is 12.4 Å². The third kappa shape index (κ3) is 3.85. The Morgan fingerprint density at radius 1 is 1.47 bits per heavy atom. The summed E-state index contributed by atoms with van der Waals surface area (Å²) in [7, 11) is -3.49. The molecule has 0 atom stereocenters. The molecule has 2 rings (SSSR count). The molecular weight excluding hydrogens is 264 g/mol. The van der Waals surface area contributed by atoms with Gasteiger partial charge in [-0.1, -0.05) is 11.6 Å². The summed E-state index contributed by atoms with van der Waals surface area (Å²) in [6.07, 6.45) is 4.23. The van der Waals surface area contributed by atoms with E-state index in [4.69, 9.17) is 4.42 Å². The zero-order valence-electron chi connectivity index (χ0n) is 9.18. The summed E-state index contributed by atoms with van der Waals surface area (Å²) in [5, 5.41) is 3.13. The number of halogens is 1. The van der Waals surface area contributed by atoms with Crippen LogP contribution in [0.25, 0.3) is 0 Å². The maximum atomic E-state index is 11.7. The van der Waals surface area contributed by atoms with Gasteiger partial charge in [0.15, 0.2) is 0 Å². The van der Waals surface area contributed by atoms with E-state index in [0.29, 0.717) is 6.54 Å². The first-order valence-corrected chi connectivity index (χ1v) is 6.58. The van der Waals surface area contributed by atoms with Crippen molar-refractivity contribution in [3.8, 4) is 0 Å². The van der Waals surface area contributed by atoms with E-state index in [0.717, 1.165) is 25.1 Å². The number of furan rings is 1. The van der Waals surface area contributed by atoms with Gasteiger partial charge < -0.3 is 9.73 Å². The second-order valence-corrected chi connectivity index (χ2v) is 5.27. The molecule has 0 amide bonds. The second-order valence-electron chi connectivity index (χ2n) is 3.57. The smallest absolute Gasteiger partial charge is 0.274 e. The van der Waals surface area contributed by atoms with Crippen LogP contribution in [-0.4, -0.2) is 28.1 Å². The molecule has 7 heteroatoms. The van der Waals surface area contributed by atoms with Gasteiger partial charge in [0, 0.05) is 13.1 Å². The molecule has 5 nitrogen and oxygen atoms in total. The molecule has 0 fully saturated rings.